The Morgan fingerprint density at radius 2 is 1.96 bits per heavy atom. The van der Waals surface area contributed by atoms with Crippen LogP contribution in [0.15, 0.2) is 47.5 Å². The number of halogens is 1. The second-order valence-electron chi connectivity index (χ2n) is 5.57. The standard InChI is InChI=1S/C19H19FN2O3S/c1-24-16-8-7-13(11-17(16)25-2)18(23)22-10-9-21-19(22)26-12-14-5-3-4-6-15(14)20/h3-8,11H,9-10,12H2,1-2H3. The van der Waals surface area contributed by atoms with Gasteiger partial charge in [-0.3, -0.25) is 14.7 Å². The van der Waals surface area contributed by atoms with Crippen LogP contribution < -0.4 is 9.47 Å². The summed E-state index contributed by atoms with van der Waals surface area (Å²) in [6, 6.07) is 11.7. The highest BCUT2D eigenvalue weighted by molar-refractivity contribution is 8.13. The molecular weight excluding hydrogens is 355 g/mol. The molecule has 0 bridgehead atoms. The van der Waals surface area contributed by atoms with Crippen molar-refractivity contribution in [3.05, 3.63) is 59.4 Å². The van der Waals surface area contributed by atoms with Crippen LogP contribution >= 0.6 is 11.8 Å². The first-order valence-corrected chi connectivity index (χ1v) is 9.07. The van der Waals surface area contributed by atoms with Crippen LogP contribution in [0.3, 0.4) is 0 Å². The maximum atomic E-state index is 13.8. The third kappa shape index (κ3) is 3.83. The molecule has 0 spiro atoms. The van der Waals surface area contributed by atoms with Crippen molar-refractivity contribution in [1.82, 2.24) is 4.90 Å². The quantitative estimate of drug-likeness (QED) is 0.803. The van der Waals surface area contributed by atoms with Crippen LogP contribution in [0, 0.1) is 5.82 Å². The summed E-state index contributed by atoms with van der Waals surface area (Å²) in [5, 5.41) is 0.605. The van der Waals surface area contributed by atoms with E-state index in [0.29, 0.717) is 46.6 Å². The first kappa shape index (κ1) is 18.3. The third-order valence-corrected chi connectivity index (χ3v) is 5.05. The molecule has 0 fully saturated rings. The molecule has 0 aliphatic carbocycles. The van der Waals surface area contributed by atoms with E-state index < -0.39 is 0 Å². The third-order valence-electron chi connectivity index (χ3n) is 3.99. The highest BCUT2D eigenvalue weighted by Gasteiger charge is 2.26. The van der Waals surface area contributed by atoms with E-state index in [1.165, 1.54) is 24.9 Å². The zero-order valence-electron chi connectivity index (χ0n) is 14.6. The number of methoxy groups -OCH3 is 2. The van der Waals surface area contributed by atoms with Crippen molar-refractivity contribution in [2.45, 2.75) is 5.75 Å². The maximum Gasteiger partial charge on any atom is 0.260 e. The molecular formula is C19H19FN2O3S. The lowest BCUT2D eigenvalue weighted by molar-refractivity contribution is 0.0860. The largest absolute Gasteiger partial charge is 0.493 e. The van der Waals surface area contributed by atoms with Gasteiger partial charge in [0, 0.05) is 17.9 Å². The molecule has 1 aliphatic heterocycles. The molecule has 0 aromatic heterocycles. The summed E-state index contributed by atoms with van der Waals surface area (Å²) in [6.45, 7) is 1.05. The zero-order chi connectivity index (χ0) is 18.5. The number of nitrogens with zero attached hydrogens (tertiary/aromatic N) is 2. The molecule has 0 radical (unpaired) electrons. The van der Waals surface area contributed by atoms with Gasteiger partial charge in [0.1, 0.15) is 5.82 Å². The average Bonchev–Trinajstić information content (AvgIpc) is 3.14. The van der Waals surface area contributed by atoms with E-state index in [1.807, 2.05) is 0 Å². The van der Waals surface area contributed by atoms with E-state index in [2.05, 4.69) is 4.99 Å². The van der Waals surface area contributed by atoms with Gasteiger partial charge in [0.2, 0.25) is 0 Å². The van der Waals surface area contributed by atoms with Crippen LogP contribution in [0.4, 0.5) is 4.39 Å². The topological polar surface area (TPSA) is 51.1 Å². The Labute approximate surface area is 155 Å². The van der Waals surface area contributed by atoms with Crippen LogP contribution in [-0.4, -0.2) is 43.3 Å². The van der Waals surface area contributed by atoms with Gasteiger partial charge in [-0.2, -0.15) is 0 Å². The fraction of sp³-hybridized carbons (Fsp3) is 0.263. The number of thioether (sulfide) groups is 1. The minimum atomic E-state index is -0.253. The number of rotatable bonds is 5. The smallest absolute Gasteiger partial charge is 0.260 e. The number of ether oxygens (including phenoxy) is 2. The monoisotopic (exact) mass is 374 g/mol. The molecule has 26 heavy (non-hydrogen) atoms. The highest BCUT2D eigenvalue weighted by Crippen LogP contribution is 2.29. The second kappa shape index (κ2) is 8.23. The van der Waals surface area contributed by atoms with E-state index in [9.17, 15) is 9.18 Å². The van der Waals surface area contributed by atoms with Crippen LogP contribution in [-0.2, 0) is 5.75 Å². The number of amides is 1. The summed E-state index contributed by atoms with van der Waals surface area (Å²) < 4.78 is 24.2. The van der Waals surface area contributed by atoms with E-state index in [0.717, 1.165) is 0 Å². The fourth-order valence-corrected chi connectivity index (χ4v) is 3.65. The Hall–Kier alpha value is -2.54. The van der Waals surface area contributed by atoms with Gasteiger partial charge in [0.05, 0.1) is 20.8 Å². The summed E-state index contributed by atoms with van der Waals surface area (Å²) in [5.74, 6) is 1.06. The molecule has 0 saturated heterocycles. The van der Waals surface area contributed by atoms with Crippen LogP contribution in [0.5, 0.6) is 11.5 Å². The first-order valence-electron chi connectivity index (χ1n) is 8.08. The Morgan fingerprint density at radius 1 is 1.19 bits per heavy atom. The molecule has 2 aromatic carbocycles. The number of carbonyl (C=O) groups is 1. The van der Waals surface area contributed by atoms with Gasteiger partial charge in [0.15, 0.2) is 16.7 Å². The minimum Gasteiger partial charge on any atom is -0.493 e. The lowest BCUT2D eigenvalue weighted by Gasteiger charge is -2.19. The summed E-state index contributed by atoms with van der Waals surface area (Å²) >= 11 is 1.36. The molecule has 1 aliphatic rings. The normalized spacial score (nSPS) is 13.5. The van der Waals surface area contributed by atoms with Crippen molar-refractivity contribution in [3.8, 4) is 11.5 Å². The van der Waals surface area contributed by atoms with E-state index in [4.69, 9.17) is 9.47 Å². The summed E-state index contributed by atoms with van der Waals surface area (Å²) in [5.41, 5.74) is 1.08. The summed E-state index contributed by atoms with van der Waals surface area (Å²) in [6.07, 6.45) is 0. The van der Waals surface area contributed by atoms with E-state index in [-0.39, 0.29) is 11.7 Å². The lowest BCUT2D eigenvalue weighted by atomic mass is 10.2. The Kier molecular flexibility index (Phi) is 5.78. The molecule has 7 heteroatoms. The van der Waals surface area contributed by atoms with E-state index >= 15 is 0 Å². The molecule has 0 N–H and O–H groups in total. The Bertz CT molecular complexity index is 841. The molecule has 136 valence electrons. The molecule has 5 nitrogen and oxygen atoms in total. The second-order valence-corrected chi connectivity index (χ2v) is 6.51. The lowest BCUT2D eigenvalue weighted by Crippen LogP contribution is -2.32. The molecule has 0 unspecified atom stereocenters. The predicted molar refractivity (Wildman–Crippen MR) is 101 cm³/mol. The number of benzene rings is 2. The van der Waals surface area contributed by atoms with Gasteiger partial charge in [-0.15, -0.1) is 0 Å². The molecule has 1 amide bonds. The van der Waals surface area contributed by atoms with Gasteiger partial charge in [0.25, 0.3) is 5.91 Å². The van der Waals surface area contributed by atoms with Crippen LogP contribution in [0.2, 0.25) is 0 Å². The average molecular weight is 374 g/mol. The Morgan fingerprint density at radius 3 is 2.69 bits per heavy atom. The van der Waals surface area contributed by atoms with Crippen molar-refractivity contribution in [2.75, 3.05) is 27.3 Å². The number of carbonyl (C=O) groups excluding carboxylic acids is 1. The number of amidine groups is 1. The van der Waals surface area contributed by atoms with Crippen molar-refractivity contribution >= 4 is 22.8 Å². The molecule has 0 atom stereocenters. The highest BCUT2D eigenvalue weighted by atomic mass is 32.2. The SMILES string of the molecule is COc1ccc(C(=O)N2CCN=C2SCc2ccccc2F)cc1OC. The summed E-state index contributed by atoms with van der Waals surface area (Å²) in [4.78, 5) is 18.9. The van der Waals surface area contributed by atoms with Crippen LogP contribution in [0.25, 0.3) is 0 Å². The van der Waals surface area contributed by atoms with Crippen molar-refractivity contribution in [1.29, 1.82) is 0 Å². The van der Waals surface area contributed by atoms with Gasteiger partial charge >= 0.3 is 0 Å². The van der Waals surface area contributed by atoms with Gasteiger partial charge in [-0.25, -0.2) is 4.39 Å². The molecule has 3 rings (SSSR count). The maximum absolute atomic E-state index is 13.8. The van der Waals surface area contributed by atoms with Crippen molar-refractivity contribution in [3.63, 3.8) is 0 Å². The number of aliphatic imine (C=N–C) groups is 1. The van der Waals surface area contributed by atoms with Gasteiger partial charge in [-0.05, 0) is 29.8 Å². The van der Waals surface area contributed by atoms with Crippen molar-refractivity contribution in [2.24, 2.45) is 4.99 Å². The first-order chi connectivity index (χ1) is 12.6. The van der Waals surface area contributed by atoms with E-state index in [1.54, 1.807) is 48.4 Å². The van der Waals surface area contributed by atoms with Gasteiger partial charge < -0.3 is 9.47 Å². The zero-order valence-corrected chi connectivity index (χ0v) is 15.4. The predicted octanol–water partition coefficient (Wildman–Crippen LogP) is 3.59. The molecule has 1 heterocycles. The number of hydrogen-bond acceptors (Lipinski definition) is 5. The minimum absolute atomic E-state index is 0.164. The Balaban J connectivity index is 1.73. The van der Waals surface area contributed by atoms with Crippen molar-refractivity contribution < 1.29 is 18.7 Å². The fourth-order valence-electron chi connectivity index (χ4n) is 2.62. The molecule has 0 saturated carbocycles. The number of hydrogen-bond donors (Lipinski definition) is 0. The molecule has 2 aromatic rings. The van der Waals surface area contributed by atoms with Crippen LogP contribution in [0.1, 0.15) is 15.9 Å². The van der Waals surface area contributed by atoms with Gasteiger partial charge in [-0.1, -0.05) is 30.0 Å². The summed E-state index contributed by atoms with van der Waals surface area (Å²) in [7, 11) is 3.07.